The first kappa shape index (κ1) is 16.7. The predicted octanol–water partition coefficient (Wildman–Crippen LogP) is 2.76. The molecule has 9 nitrogen and oxygen atoms in total. The Morgan fingerprint density at radius 1 is 1.24 bits per heavy atom. The molecule has 0 atom stereocenters. The Morgan fingerprint density at radius 3 is 2.92 bits per heavy atom. The van der Waals surface area contributed by atoms with Crippen LogP contribution < -0.4 is 16.4 Å². The normalized spacial score (nSPS) is 10.8. The number of H-pyrrole nitrogens is 1. The van der Waals surface area contributed by atoms with E-state index in [1.54, 1.807) is 12.3 Å². The predicted molar refractivity (Wildman–Crippen MR) is 97.0 cm³/mol. The van der Waals surface area contributed by atoms with E-state index in [-0.39, 0.29) is 11.5 Å². The monoisotopic (exact) mass is 341 g/mol. The van der Waals surface area contributed by atoms with E-state index in [0.29, 0.717) is 24.6 Å². The summed E-state index contributed by atoms with van der Waals surface area (Å²) in [6.45, 7) is 1.35. The van der Waals surface area contributed by atoms with Crippen LogP contribution in [0.5, 0.6) is 0 Å². The van der Waals surface area contributed by atoms with Crippen LogP contribution >= 0.6 is 0 Å². The molecule has 0 saturated heterocycles. The molecule has 2 aromatic heterocycles. The number of anilines is 3. The van der Waals surface area contributed by atoms with Crippen molar-refractivity contribution in [3.8, 4) is 0 Å². The van der Waals surface area contributed by atoms with Gasteiger partial charge < -0.3 is 16.4 Å². The quantitative estimate of drug-likeness (QED) is 0.281. The van der Waals surface area contributed by atoms with E-state index in [0.717, 1.165) is 23.7 Å². The number of hydrogen-bond donors (Lipinski definition) is 4. The van der Waals surface area contributed by atoms with Crippen molar-refractivity contribution in [3.05, 3.63) is 46.6 Å². The third-order valence-corrected chi connectivity index (χ3v) is 3.71. The van der Waals surface area contributed by atoms with Gasteiger partial charge in [-0.2, -0.15) is 5.10 Å². The number of unbranched alkanes of at least 4 members (excludes halogenated alkanes) is 1. The number of pyridine rings is 1. The molecule has 0 aliphatic heterocycles. The van der Waals surface area contributed by atoms with Gasteiger partial charge in [0.1, 0.15) is 5.82 Å². The van der Waals surface area contributed by atoms with Crippen LogP contribution in [0.3, 0.4) is 0 Å². The Morgan fingerprint density at radius 2 is 2.12 bits per heavy atom. The minimum Gasteiger partial charge on any atom is -0.370 e. The largest absolute Gasteiger partial charge is 0.370 e. The number of nitrogens with two attached hydrogens (primary N) is 1. The van der Waals surface area contributed by atoms with Crippen LogP contribution in [0.4, 0.5) is 23.0 Å². The summed E-state index contributed by atoms with van der Waals surface area (Å²) in [5, 5.41) is 25.2. The Hall–Kier alpha value is -3.20. The first-order valence-electron chi connectivity index (χ1n) is 7.97. The highest BCUT2D eigenvalue weighted by molar-refractivity contribution is 5.83. The zero-order chi connectivity index (χ0) is 17.6. The van der Waals surface area contributed by atoms with Gasteiger partial charge in [-0.1, -0.05) is 0 Å². The Bertz CT molecular complexity index is 878. The zero-order valence-corrected chi connectivity index (χ0v) is 13.5. The second-order valence-electron chi connectivity index (χ2n) is 5.54. The number of aromatic nitrogens is 3. The molecular formula is C16H19N7O2. The molecule has 0 aliphatic carbocycles. The first-order valence-corrected chi connectivity index (χ1v) is 7.97. The Kier molecular flexibility index (Phi) is 5.05. The van der Waals surface area contributed by atoms with Crippen LogP contribution in [0.2, 0.25) is 0 Å². The van der Waals surface area contributed by atoms with Crippen molar-refractivity contribution in [3.63, 3.8) is 0 Å². The molecule has 1 aromatic carbocycles. The number of aromatic amines is 1. The second kappa shape index (κ2) is 7.58. The lowest BCUT2D eigenvalue weighted by molar-refractivity contribution is -0.384. The average molecular weight is 341 g/mol. The molecule has 0 spiro atoms. The van der Waals surface area contributed by atoms with Crippen LogP contribution in [0.25, 0.3) is 10.9 Å². The molecule has 0 amide bonds. The Labute approximate surface area is 143 Å². The summed E-state index contributed by atoms with van der Waals surface area (Å²) < 4.78 is 0. The third-order valence-electron chi connectivity index (χ3n) is 3.71. The van der Waals surface area contributed by atoms with E-state index in [1.807, 2.05) is 18.2 Å². The molecule has 2 heterocycles. The topological polar surface area (TPSA) is 135 Å². The number of benzene rings is 1. The fourth-order valence-electron chi connectivity index (χ4n) is 2.43. The van der Waals surface area contributed by atoms with Gasteiger partial charge >= 0.3 is 5.69 Å². The fraction of sp³-hybridized carbons (Fsp3) is 0.250. The van der Waals surface area contributed by atoms with Gasteiger partial charge in [0.25, 0.3) is 0 Å². The smallest absolute Gasteiger partial charge is 0.311 e. The van der Waals surface area contributed by atoms with Crippen LogP contribution in [0, 0.1) is 10.1 Å². The van der Waals surface area contributed by atoms with Crippen LogP contribution in [0.15, 0.2) is 36.5 Å². The van der Waals surface area contributed by atoms with Crippen LogP contribution in [-0.4, -0.2) is 33.2 Å². The minimum atomic E-state index is -0.454. The van der Waals surface area contributed by atoms with Gasteiger partial charge in [0, 0.05) is 23.7 Å². The summed E-state index contributed by atoms with van der Waals surface area (Å²) in [6, 6.07) is 8.56. The lowest BCUT2D eigenvalue weighted by Gasteiger charge is -2.10. The van der Waals surface area contributed by atoms with E-state index < -0.39 is 4.92 Å². The molecule has 3 rings (SSSR count). The summed E-state index contributed by atoms with van der Waals surface area (Å²) in [6.07, 6.45) is 3.52. The van der Waals surface area contributed by atoms with Crippen molar-refractivity contribution in [2.24, 2.45) is 5.73 Å². The lowest BCUT2D eigenvalue weighted by Crippen LogP contribution is -2.08. The highest BCUT2D eigenvalue weighted by Crippen LogP contribution is 2.28. The second-order valence-corrected chi connectivity index (χ2v) is 5.54. The maximum absolute atomic E-state index is 11.3. The number of nitrogens with one attached hydrogen (secondary N) is 3. The van der Waals surface area contributed by atoms with Gasteiger partial charge in [0.05, 0.1) is 16.6 Å². The summed E-state index contributed by atoms with van der Waals surface area (Å²) in [5.41, 5.74) is 6.98. The molecule has 0 radical (unpaired) electrons. The molecule has 25 heavy (non-hydrogen) atoms. The molecule has 9 heteroatoms. The molecule has 3 aromatic rings. The van der Waals surface area contributed by atoms with Gasteiger partial charge in [-0.3, -0.25) is 15.2 Å². The molecule has 0 fully saturated rings. The fourth-order valence-corrected chi connectivity index (χ4v) is 2.43. The maximum atomic E-state index is 11.3. The first-order chi connectivity index (χ1) is 12.2. The maximum Gasteiger partial charge on any atom is 0.311 e. The van der Waals surface area contributed by atoms with Crippen molar-refractivity contribution in [2.75, 3.05) is 23.7 Å². The van der Waals surface area contributed by atoms with Crippen molar-refractivity contribution in [1.82, 2.24) is 15.2 Å². The number of rotatable bonds is 8. The summed E-state index contributed by atoms with van der Waals surface area (Å²) >= 11 is 0. The lowest BCUT2D eigenvalue weighted by atomic mass is 10.2. The van der Waals surface area contributed by atoms with E-state index in [2.05, 4.69) is 25.8 Å². The van der Waals surface area contributed by atoms with Crippen molar-refractivity contribution >= 4 is 33.9 Å². The minimum absolute atomic E-state index is 0.0835. The molecule has 130 valence electrons. The SMILES string of the molecule is NCCCCNc1ccc([N+](=O)[O-])c(Nc2ccc3[nH]ncc3c2)n1. The molecule has 0 saturated carbocycles. The highest BCUT2D eigenvalue weighted by Gasteiger charge is 2.16. The van der Waals surface area contributed by atoms with Crippen molar-refractivity contribution in [2.45, 2.75) is 12.8 Å². The van der Waals surface area contributed by atoms with Crippen LogP contribution in [-0.2, 0) is 0 Å². The molecule has 0 bridgehead atoms. The van der Waals surface area contributed by atoms with Gasteiger partial charge in [-0.15, -0.1) is 0 Å². The van der Waals surface area contributed by atoms with E-state index >= 15 is 0 Å². The number of fused-ring (bicyclic) bond motifs is 1. The standard InChI is InChI=1S/C16H19N7O2/c17-7-1-2-8-18-15-6-5-14(23(24)25)16(21-15)20-12-3-4-13-11(9-12)10-19-22-13/h3-6,9-10H,1-2,7-8,17H2,(H,19,22)(H2,18,20,21). The van der Waals surface area contributed by atoms with E-state index in [1.165, 1.54) is 6.07 Å². The van der Waals surface area contributed by atoms with Crippen molar-refractivity contribution < 1.29 is 4.92 Å². The molecule has 0 aliphatic rings. The van der Waals surface area contributed by atoms with Gasteiger partial charge in [0.2, 0.25) is 5.82 Å². The van der Waals surface area contributed by atoms with Gasteiger partial charge in [0.15, 0.2) is 0 Å². The number of hydrogen-bond acceptors (Lipinski definition) is 7. The summed E-state index contributed by atoms with van der Waals surface area (Å²) in [4.78, 5) is 15.2. The van der Waals surface area contributed by atoms with Gasteiger partial charge in [-0.25, -0.2) is 4.98 Å². The van der Waals surface area contributed by atoms with Crippen LogP contribution in [0.1, 0.15) is 12.8 Å². The highest BCUT2D eigenvalue weighted by atomic mass is 16.6. The summed E-state index contributed by atoms with van der Waals surface area (Å²) in [7, 11) is 0. The van der Waals surface area contributed by atoms with Crippen molar-refractivity contribution in [1.29, 1.82) is 0 Å². The molecule has 0 unspecified atom stereocenters. The number of nitrogens with zero attached hydrogens (tertiary/aromatic N) is 3. The van der Waals surface area contributed by atoms with E-state index in [9.17, 15) is 10.1 Å². The van der Waals surface area contributed by atoms with Gasteiger partial charge in [-0.05, 0) is 43.7 Å². The zero-order valence-electron chi connectivity index (χ0n) is 13.5. The average Bonchev–Trinajstić information content (AvgIpc) is 3.06. The Balaban J connectivity index is 1.82. The summed E-state index contributed by atoms with van der Waals surface area (Å²) in [5.74, 6) is 0.770. The molecular weight excluding hydrogens is 322 g/mol. The molecule has 5 N–H and O–H groups in total. The number of nitro groups is 1. The van der Waals surface area contributed by atoms with E-state index in [4.69, 9.17) is 5.73 Å². The third kappa shape index (κ3) is 4.01.